The molecule has 1 amide bonds. The van der Waals surface area contributed by atoms with Gasteiger partial charge < -0.3 is 20.1 Å². The second-order valence-electron chi connectivity index (χ2n) is 6.05. The van der Waals surface area contributed by atoms with Gasteiger partial charge in [-0.3, -0.25) is 4.79 Å². The molecule has 1 heterocycles. The van der Waals surface area contributed by atoms with E-state index in [4.69, 9.17) is 9.47 Å². The van der Waals surface area contributed by atoms with E-state index in [-0.39, 0.29) is 11.9 Å². The standard InChI is InChI=1S/C20H24N2O3/c23-20(19-10-5-11-21-19)22-17-7-4-6-16(14-17)15-24-12-13-25-18-8-2-1-3-9-18/h1-4,6-9,14,19,21H,5,10-13,15H2,(H,22,23). The molecule has 1 fully saturated rings. The van der Waals surface area contributed by atoms with E-state index in [1.54, 1.807) is 0 Å². The third-order valence-corrected chi connectivity index (χ3v) is 4.08. The summed E-state index contributed by atoms with van der Waals surface area (Å²) < 4.78 is 11.2. The highest BCUT2D eigenvalue weighted by molar-refractivity contribution is 5.95. The zero-order valence-electron chi connectivity index (χ0n) is 14.2. The summed E-state index contributed by atoms with van der Waals surface area (Å²) in [5.74, 6) is 0.878. The first-order valence-electron chi connectivity index (χ1n) is 8.70. The molecule has 0 aliphatic carbocycles. The van der Waals surface area contributed by atoms with Crippen molar-refractivity contribution in [3.8, 4) is 5.75 Å². The Labute approximate surface area is 148 Å². The molecular weight excluding hydrogens is 316 g/mol. The molecule has 0 bridgehead atoms. The number of para-hydroxylation sites is 1. The zero-order chi connectivity index (χ0) is 17.3. The molecule has 1 aliphatic rings. The van der Waals surface area contributed by atoms with Crippen LogP contribution in [0.25, 0.3) is 0 Å². The average Bonchev–Trinajstić information content (AvgIpc) is 3.17. The topological polar surface area (TPSA) is 59.6 Å². The molecule has 5 heteroatoms. The van der Waals surface area contributed by atoms with Crippen molar-refractivity contribution in [1.82, 2.24) is 5.32 Å². The van der Waals surface area contributed by atoms with Crippen LogP contribution < -0.4 is 15.4 Å². The lowest BCUT2D eigenvalue weighted by molar-refractivity contribution is -0.117. The number of anilines is 1. The molecule has 0 radical (unpaired) electrons. The van der Waals surface area contributed by atoms with Gasteiger partial charge in [0.15, 0.2) is 0 Å². The van der Waals surface area contributed by atoms with Crippen LogP contribution in [0, 0.1) is 0 Å². The minimum Gasteiger partial charge on any atom is -0.491 e. The molecule has 2 N–H and O–H groups in total. The first kappa shape index (κ1) is 17.5. The molecule has 1 aliphatic heterocycles. The van der Waals surface area contributed by atoms with Gasteiger partial charge >= 0.3 is 0 Å². The Bertz CT molecular complexity index is 670. The summed E-state index contributed by atoms with van der Waals surface area (Å²) >= 11 is 0. The zero-order valence-corrected chi connectivity index (χ0v) is 14.2. The summed E-state index contributed by atoms with van der Waals surface area (Å²) in [6.07, 6.45) is 1.95. The van der Waals surface area contributed by atoms with Crippen LogP contribution >= 0.6 is 0 Å². The van der Waals surface area contributed by atoms with E-state index in [1.165, 1.54) is 0 Å². The number of carbonyl (C=O) groups is 1. The number of carbonyl (C=O) groups excluding carboxylic acids is 1. The first-order chi connectivity index (χ1) is 12.3. The van der Waals surface area contributed by atoms with Crippen LogP contribution in [-0.4, -0.2) is 31.7 Å². The van der Waals surface area contributed by atoms with Gasteiger partial charge in [0, 0.05) is 5.69 Å². The van der Waals surface area contributed by atoms with Gasteiger partial charge in [-0.25, -0.2) is 0 Å². The van der Waals surface area contributed by atoms with Crippen molar-refractivity contribution in [2.75, 3.05) is 25.1 Å². The maximum atomic E-state index is 12.1. The fourth-order valence-corrected chi connectivity index (χ4v) is 2.80. The van der Waals surface area contributed by atoms with Gasteiger partial charge in [0.05, 0.1) is 19.3 Å². The van der Waals surface area contributed by atoms with Crippen molar-refractivity contribution in [3.63, 3.8) is 0 Å². The summed E-state index contributed by atoms with van der Waals surface area (Å²) in [5.41, 5.74) is 1.83. The van der Waals surface area contributed by atoms with E-state index < -0.39 is 0 Å². The van der Waals surface area contributed by atoms with Gasteiger partial charge in [0.1, 0.15) is 12.4 Å². The molecule has 2 aromatic carbocycles. The third-order valence-electron chi connectivity index (χ3n) is 4.08. The second kappa shape index (κ2) is 9.20. The Hall–Kier alpha value is -2.37. The van der Waals surface area contributed by atoms with Gasteiger partial charge in [0.2, 0.25) is 5.91 Å². The average molecular weight is 340 g/mol. The van der Waals surface area contributed by atoms with E-state index in [0.29, 0.717) is 19.8 Å². The summed E-state index contributed by atoms with van der Waals surface area (Å²) in [6, 6.07) is 17.4. The first-order valence-corrected chi connectivity index (χ1v) is 8.70. The van der Waals surface area contributed by atoms with Crippen LogP contribution in [0.15, 0.2) is 54.6 Å². The van der Waals surface area contributed by atoms with Gasteiger partial charge in [0.25, 0.3) is 0 Å². The molecule has 1 saturated heterocycles. The van der Waals surface area contributed by atoms with Crippen LogP contribution in [0.1, 0.15) is 18.4 Å². The summed E-state index contributed by atoms with van der Waals surface area (Å²) in [5, 5.41) is 6.17. The number of nitrogens with one attached hydrogen (secondary N) is 2. The van der Waals surface area contributed by atoms with Crippen molar-refractivity contribution in [1.29, 1.82) is 0 Å². The summed E-state index contributed by atoms with van der Waals surface area (Å²) in [4.78, 5) is 12.1. The third kappa shape index (κ3) is 5.59. The quantitative estimate of drug-likeness (QED) is 0.726. The molecule has 0 spiro atoms. The Kier molecular flexibility index (Phi) is 6.42. The fraction of sp³-hybridized carbons (Fsp3) is 0.350. The number of ether oxygens (including phenoxy) is 2. The Balaban J connectivity index is 1.40. The molecule has 0 saturated carbocycles. The van der Waals surface area contributed by atoms with Crippen LogP contribution in [0.4, 0.5) is 5.69 Å². The van der Waals surface area contributed by atoms with Crippen molar-refractivity contribution in [2.24, 2.45) is 0 Å². The Morgan fingerprint density at radius 3 is 2.80 bits per heavy atom. The second-order valence-corrected chi connectivity index (χ2v) is 6.05. The minimum atomic E-state index is -0.0740. The van der Waals surface area contributed by atoms with Gasteiger partial charge in [-0.2, -0.15) is 0 Å². The van der Waals surface area contributed by atoms with E-state index in [9.17, 15) is 4.79 Å². The predicted molar refractivity (Wildman–Crippen MR) is 97.7 cm³/mol. The van der Waals surface area contributed by atoms with Crippen molar-refractivity contribution in [3.05, 3.63) is 60.2 Å². The molecule has 132 valence electrons. The lowest BCUT2D eigenvalue weighted by atomic mass is 10.2. The SMILES string of the molecule is O=C(Nc1cccc(COCCOc2ccccc2)c1)C1CCCN1. The Morgan fingerprint density at radius 1 is 1.12 bits per heavy atom. The fourth-order valence-electron chi connectivity index (χ4n) is 2.80. The van der Waals surface area contributed by atoms with Crippen molar-refractivity contribution in [2.45, 2.75) is 25.5 Å². The van der Waals surface area contributed by atoms with Gasteiger partial charge in [-0.15, -0.1) is 0 Å². The van der Waals surface area contributed by atoms with Crippen molar-refractivity contribution >= 4 is 11.6 Å². The van der Waals surface area contributed by atoms with Crippen LogP contribution in [0.2, 0.25) is 0 Å². The normalized spacial score (nSPS) is 16.6. The van der Waals surface area contributed by atoms with Crippen LogP contribution in [0.3, 0.4) is 0 Å². The highest BCUT2D eigenvalue weighted by atomic mass is 16.5. The van der Waals surface area contributed by atoms with Crippen molar-refractivity contribution < 1.29 is 14.3 Å². The van der Waals surface area contributed by atoms with E-state index in [0.717, 1.165) is 36.4 Å². The maximum absolute atomic E-state index is 12.1. The van der Waals surface area contributed by atoms with Gasteiger partial charge in [-0.05, 0) is 49.2 Å². The van der Waals surface area contributed by atoms with Gasteiger partial charge in [-0.1, -0.05) is 30.3 Å². The Morgan fingerprint density at radius 2 is 2.00 bits per heavy atom. The minimum absolute atomic E-state index is 0.0341. The lowest BCUT2D eigenvalue weighted by Crippen LogP contribution is -2.35. The highest BCUT2D eigenvalue weighted by Gasteiger charge is 2.21. The smallest absolute Gasteiger partial charge is 0.241 e. The molecule has 1 atom stereocenters. The number of benzene rings is 2. The van der Waals surface area contributed by atoms with E-state index in [1.807, 2.05) is 54.6 Å². The molecule has 0 aromatic heterocycles. The number of hydrogen-bond donors (Lipinski definition) is 2. The maximum Gasteiger partial charge on any atom is 0.241 e. The molecular formula is C20H24N2O3. The van der Waals surface area contributed by atoms with Crippen LogP contribution in [0.5, 0.6) is 5.75 Å². The predicted octanol–water partition coefficient (Wildman–Crippen LogP) is 2.97. The summed E-state index contributed by atoms with van der Waals surface area (Å²) in [7, 11) is 0. The number of amides is 1. The van der Waals surface area contributed by atoms with Crippen LogP contribution in [-0.2, 0) is 16.1 Å². The largest absolute Gasteiger partial charge is 0.491 e. The summed E-state index contributed by atoms with van der Waals surface area (Å²) in [6.45, 7) is 2.42. The highest BCUT2D eigenvalue weighted by Crippen LogP contribution is 2.14. The van der Waals surface area contributed by atoms with E-state index >= 15 is 0 Å². The molecule has 25 heavy (non-hydrogen) atoms. The molecule has 2 aromatic rings. The molecule has 5 nitrogen and oxygen atoms in total. The number of rotatable bonds is 8. The number of hydrogen-bond acceptors (Lipinski definition) is 4. The van der Waals surface area contributed by atoms with E-state index in [2.05, 4.69) is 10.6 Å². The molecule has 3 rings (SSSR count). The lowest BCUT2D eigenvalue weighted by Gasteiger charge is -2.12. The molecule has 1 unspecified atom stereocenters. The monoisotopic (exact) mass is 340 g/mol.